The molecule has 1 amide bonds. The number of thiazole rings is 1. The van der Waals surface area contributed by atoms with Crippen LogP contribution < -0.4 is 5.32 Å². The highest BCUT2D eigenvalue weighted by Crippen LogP contribution is 2.19. The second kappa shape index (κ2) is 6.17. The van der Waals surface area contributed by atoms with Crippen molar-refractivity contribution in [2.75, 3.05) is 0 Å². The van der Waals surface area contributed by atoms with E-state index in [4.69, 9.17) is 0 Å². The molecule has 4 heterocycles. The molecule has 0 aromatic carbocycles. The van der Waals surface area contributed by atoms with Gasteiger partial charge in [0.05, 0.1) is 17.8 Å². The van der Waals surface area contributed by atoms with Gasteiger partial charge in [0.25, 0.3) is 5.91 Å². The highest BCUT2D eigenvalue weighted by molar-refractivity contribution is 7.13. The summed E-state index contributed by atoms with van der Waals surface area (Å²) in [6, 6.07) is 5.32. The molecule has 4 rings (SSSR count). The first-order valence-corrected chi connectivity index (χ1v) is 8.10. The zero-order chi connectivity index (χ0) is 16.4. The molecule has 0 fully saturated rings. The summed E-state index contributed by atoms with van der Waals surface area (Å²) in [7, 11) is 0. The first-order valence-electron chi connectivity index (χ1n) is 7.22. The highest BCUT2D eigenvalue weighted by atomic mass is 32.1. The molecule has 0 aliphatic heterocycles. The van der Waals surface area contributed by atoms with E-state index in [0.717, 1.165) is 16.3 Å². The molecule has 0 atom stereocenters. The van der Waals surface area contributed by atoms with Crippen molar-refractivity contribution in [3.05, 3.63) is 65.8 Å². The molecule has 7 nitrogen and oxygen atoms in total. The molecule has 0 aliphatic rings. The van der Waals surface area contributed by atoms with Crippen LogP contribution in [0.3, 0.4) is 0 Å². The van der Waals surface area contributed by atoms with Crippen molar-refractivity contribution in [3.63, 3.8) is 0 Å². The molecular weight excluding hydrogens is 324 g/mol. The molecule has 8 heteroatoms. The Bertz CT molecular complexity index is 994. The third-order valence-electron chi connectivity index (χ3n) is 3.39. The maximum absolute atomic E-state index is 12.3. The van der Waals surface area contributed by atoms with E-state index >= 15 is 0 Å². The number of aromatic nitrogens is 5. The molecule has 24 heavy (non-hydrogen) atoms. The first kappa shape index (κ1) is 14.5. The van der Waals surface area contributed by atoms with Crippen molar-refractivity contribution in [3.8, 4) is 10.8 Å². The zero-order valence-corrected chi connectivity index (χ0v) is 13.3. The number of hydrogen-bond donors (Lipinski definition) is 1. The van der Waals surface area contributed by atoms with Crippen LogP contribution in [0.2, 0.25) is 0 Å². The molecular formula is C16H12N6OS. The van der Waals surface area contributed by atoms with Gasteiger partial charge in [-0.05, 0) is 18.2 Å². The van der Waals surface area contributed by atoms with Gasteiger partial charge in [0.2, 0.25) is 0 Å². The Kier molecular flexibility index (Phi) is 3.72. The van der Waals surface area contributed by atoms with Crippen LogP contribution in [0.5, 0.6) is 0 Å². The van der Waals surface area contributed by atoms with E-state index in [1.54, 1.807) is 43.1 Å². The fourth-order valence-corrected chi connectivity index (χ4v) is 2.99. The monoisotopic (exact) mass is 336 g/mol. The average Bonchev–Trinajstić information content (AvgIpc) is 3.29. The zero-order valence-electron chi connectivity index (χ0n) is 12.5. The lowest BCUT2D eigenvalue weighted by atomic mass is 10.2. The Morgan fingerprint density at radius 3 is 2.92 bits per heavy atom. The van der Waals surface area contributed by atoms with E-state index in [1.165, 1.54) is 11.3 Å². The lowest BCUT2D eigenvalue weighted by molar-refractivity contribution is 0.0950. The third-order valence-corrected chi connectivity index (χ3v) is 4.28. The number of carbonyl (C=O) groups excluding carboxylic acids is 1. The number of nitrogens with zero attached hydrogens (tertiary/aromatic N) is 5. The molecule has 0 aliphatic carbocycles. The normalized spacial score (nSPS) is 10.8. The van der Waals surface area contributed by atoms with E-state index in [1.807, 2.05) is 15.8 Å². The van der Waals surface area contributed by atoms with Gasteiger partial charge in [0, 0.05) is 36.4 Å². The molecule has 0 bridgehead atoms. The van der Waals surface area contributed by atoms with Gasteiger partial charge < -0.3 is 9.72 Å². The van der Waals surface area contributed by atoms with Gasteiger partial charge in [-0.15, -0.1) is 11.3 Å². The molecule has 0 unspecified atom stereocenters. The topological polar surface area (TPSA) is 85.1 Å². The summed E-state index contributed by atoms with van der Waals surface area (Å²) in [5, 5.41) is 5.50. The number of rotatable bonds is 4. The van der Waals surface area contributed by atoms with E-state index < -0.39 is 0 Å². The van der Waals surface area contributed by atoms with Crippen molar-refractivity contribution in [1.82, 2.24) is 29.7 Å². The van der Waals surface area contributed by atoms with Crippen molar-refractivity contribution in [1.29, 1.82) is 0 Å². The lowest BCUT2D eigenvalue weighted by Crippen LogP contribution is -2.23. The summed E-state index contributed by atoms with van der Waals surface area (Å²) < 4.78 is 1.81. The van der Waals surface area contributed by atoms with Gasteiger partial charge >= 0.3 is 0 Å². The predicted molar refractivity (Wildman–Crippen MR) is 89.5 cm³/mol. The van der Waals surface area contributed by atoms with Crippen molar-refractivity contribution in [2.45, 2.75) is 6.54 Å². The third kappa shape index (κ3) is 2.86. The molecule has 0 saturated heterocycles. The van der Waals surface area contributed by atoms with E-state index in [0.29, 0.717) is 17.9 Å². The molecule has 4 aromatic rings. The number of carbonyl (C=O) groups is 1. The summed E-state index contributed by atoms with van der Waals surface area (Å²) in [5.74, 6) is 0.432. The highest BCUT2D eigenvalue weighted by Gasteiger charge is 2.10. The van der Waals surface area contributed by atoms with Crippen LogP contribution in [0.25, 0.3) is 16.5 Å². The fraction of sp³-hybridized carbons (Fsp3) is 0.0625. The second-order valence-corrected chi connectivity index (χ2v) is 5.87. The summed E-state index contributed by atoms with van der Waals surface area (Å²) in [5.41, 5.74) is 2.15. The number of hydrogen-bond acceptors (Lipinski definition) is 6. The maximum atomic E-state index is 12.3. The van der Waals surface area contributed by atoms with Crippen LogP contribution in [-0.4, -0.2) is 30.2 Å². The number of imidazole rings is 1. The molecule has 0 saturated carbocycles. The summed E-state index contributed by atoms with van der Waals surface area (Å²) in [6.45, 7) is 0.351. The van der Waals surface area contributed by atoms with Crippen LogP contribution >= 0.6 is 11.3 Å². The fourth-order valence-electron chi connectivity index (χ4n) is 2.23. The maximum Gasteiger partial charge on any atom is 0.253 e. The van der Waals surface area contributed by atoms with Gasteiger partial charge in [0.1, 0.15) is 5.65 Å². The van der Waals surface area contributed by atoms with Crippen LogP contribution in [0.4, 0.5) is 0 Å². The summed E-state index contributed by atoms with van der Waals surface area (Å²) in [6.07, 6.45) is 8.61. The number of amides is 1. The van der Waals surface area contributed by atoms with Gasteiger partial charge in [-0.2, -0.15) is 0 Å². The van der Waals surface area contributed by atoms with Crippen LogP contribution in [0.15, 0.2) is 54.6 Å². The largest absolute Gasteiger partial charge is 0.346 e. The van der Waals surface area contributed by atoms with Gasteiger partial charge in [-0.1, -0.05) is 0 Å². The Balaban J connectivity index is 1.45. The SMILES string of the molecule is O=C(NCc1csc(-c2ncccn2)n1)c1ccc2nccn2c1. The minimum absolute atomic E-state index is 0.156. The molecule has 118 valence electrons. The van der Waals surface area contributed by atoms with E-state index in [9.17, 15) is 4.79 Å². The quantitative estimate of drug-likeness (QED) is 0.617. The Hall–Kier alpha value is -3.13. The molecule has 1 N–H and O–H groups in total. The van der Waals surface area contributed by atoms with E-state index in [-0.39, 0.29) is 5.91 Å². The Morgan fingerprint density at radius 1 is 1.17 bits per heavy atom. The minimum atomic E-state index is -0.156. The number of fused-ring (bicyclic) bond motifs is 1. The van der Waals surface area contributed by atoms with Crippen molar-refractivity contribution >= 4 is 22.9 Å². The Labute approximate surface area is 141 Å². The van der Waals surface area contributed by atoms with Crippen LogP contribution in [0, 0.1) is 0 Å². The standard InChI is InChI=1S/C16H12N6OS/c23-15(11-2-3-13-17-6-7-22(13)9-11)20-8-12-10-24-16(21-12)14-18-4-1-5-19-14/h1-7,9-10H,8H2,(H,20,23). The second-order valence-electron chi connectivity index (χ2n) is 5.01. The summed E-state index contributed by atoms with van der Waals surface area (Å²) in [4.78, 5) is 29.2. The van der Waals surface area contributed by atoms with Gasteiger partial charge in [-0.25, -0.2) is 19.9 Å². The molecule has 4 aromatic heterocycles. The number of pyridine rings is 1. The smallest absolute Gasteiger partial charge is 0.253 e. The number of nitrogens with one attached hydrogen (secondary N) is 1. The Morgan fingerprint density at radius 2 is 2.04 bits per heavy atom. The molecule has 0 spiro atoms. The lowest BCUT2D eigenvalue weighted by Gasteiger charge is -2.04. The van der Waals surface area contributed by atoms with Crippen molar-refractivity contribution < 1.29 is 4.79 Å². The summed E-state index contributed by atoms with van der Waals surface area (Å²) >= 11 is 1.45. The average molecular weight is 336 g/mol. The van der Waals surface area contributed by atoms with Crippen LogP contribution in [0.1, 0.15) is 16.1 Å². The molecule has 0 radical (unpaired) electrons. The van der Waals surface area contributed by atoms with Crippen LogP contribution in [-0.2, 0) is 6.54 Å². The van der Waals surface area contributed by atoms with Gasteiger partial charge in [0.15, 0.2) is 10.8 Å². The van der Waals surface area contributed by atoms with Gasteiger partial charge in [-0.3, -0.25) is 4.79 Å². The van der Waals surface area contributed by atoms with Crippen molar-refractivity contribution in [2.24, 2.45) is 0 Å². The predicted octanol–water partition coefficient (Wildman–Crippen LogP) is 2.18. The van der Waals surface area contributed by atoms with E-state index in [2.05, 4.69) is 25.3 Å². The minimum Gasteiger partial charge on any atom is -0.346 e. The first-order chi connectivity index (χ1) is 11.8.